The number of anilines is 1. The Labute approximate surface area is 112 Å². The molecule has 5 nitrogen and oxygen atoms in total. The first-order chi connectivity index (χ1) is 9.16. The van der Waals surface area contributed by atoms with Crippen LogP contribution in [0.1, 0.15) is 16.1 Å². The van der Waals surface area contributed by atoms with Crippen LogP contribution in [0.2, 0.25) is 0 Å². The largest absolute Gasteiger partial charge is 0.451 e. The van der Waals surface area contributed by atoms with Gasteiger partial charge in [0.15, 0.2) is 6.39 Å². The van der Waals surface area contributed by atoms with Crippen molar-refractivity contribution in [3.05, 3.63) is 48.2 Å². The Morgan fingerprint density at radius 2 is 2.26 bits per heavy atom. The Hall–Kier alpha value is -2.30. The average Bonchev–Trinajstić information content (AvgIpc) is 2.92. The fraction of sp³-hybridized carbons (Fsp3) is 0.286. The molecule has 0 atom stereocenters. The van der Waals surface area contributed by atoms with Crippen LogP contribution in [0.5, 0.6) is 0 Å². The highest BCUT2D eigenvalue weighted by Gasteiger charge is 2.06. The lowest BCUT2D eigenvalue weighted by atomic mass is 10.2. The number of amides is 1. The minimum Gasteiger partial charge on any atom is -0.451 e. The Morgan fingerprint density at radius 3 is 2.95 bits per heavy atom. The third kappa shape index (κ3) is 3.58. The zero-order valence-electron chi connectivity index (χ0n) is 11.1. The maximum absolute atomic E-state index is 12.0. The molecule has 100 valence electrons. The van der Waals surface area contributed by atoms with Crippen LogP contribution in [0.4, 0.5) is 5.69 Å². The summed E-state index contributed by atoms with van der Waals surface area (Å²) in [4.78, 5) is 17.9. The lowest BCUT2D eigenvalue weighted by Crippen LogP contribution is -2.26. The van der Waals surface area contributed by atoms with Gasteiger partial charge in [0.25, 0.3) is 5.91 Å². The molecule has 0 saturated heterocycles. The molecule has 2 rings (SSSR count). The summed E-state index contributed by atoms with van der Waals surface area (Å²) in [6.45, 7) is 0.539. The monoisotopic (exact) mass is 259 g/mol. The van der Waals surface area contributed by atoms with Crippen LogP contribution < -0.4 is 10.2 Å². The fourth-order valence-electron chi connectivity index (χ4n) is 1.69. The average molecular weight is 259 g/mol. The number of hydrogen-bond acceptors (Lipinski definition) is 4. The summed E-state index contributed by atoms with van der Waals surface area (Å²) >= 11 is 0. The van der Waals surface area contributed by atoms with E-state index in [-0.39, 0.29) is 5.91 Å². The highest BCUT2D eigenvalue weighted by Crippen LogP contribution is 2.13. The standard InChI is InChI=1S/C14H17N3O2/c1-17(2)13-5-3-4-11(8-13)14(18)15-7-6-12-9-19-10-16-12/h3-5,8-10H,6-7H2,1-2H3,(H,15,18). The van der Waals surface area contributed by atoms with Crippen LogP contribution in [0, 0.1) is 0 Å². The van der Waals surface area contributed by atoms with Gasteiger partial charge in [-0.1, -0.05) is 6.07 Å². The maximum Gasteiger partial charge on any atom is 0.251 e. The molecule has 0 unspecified atom stereocenters. The minimum absolute atomic E-state index is 0.0767. The van der Waals surface area contributed by atoms with Crippen LogP contribution in [0.3, 0.4) is 0 Å². The van der Waals surface area contributed by atoms with Crippen LogP contribution in [0.15, 0.2) is 41.3 Å². The van der Waals surface area contributed by atoms with Gasteiger partial charge in [-0.25, -0.2) is 4.98 Å². The van der Waals surface area contributed by atoms with Crippen molar-refractivity contribution < 1.29 is 9.21 Å². The number of carbonyl (C=O) groups excluding carboxylic acids is 1. The lowest BCUT2D eigenvalue weighted by molar-refractivity contribution is 0.0954. The van der Waals surface area contributed by atoms with Gasteiger partial charge >= 0.3 is 0 Å². The second kappa shape index (κ2) is 6.04. The van der Waals surface area contributed by atoms with Crippen molar-refractivity contribution in [2.24, 2.45) is 0 Å². The first kappa shape index (κ1) is 13.1. The number of nitrogens with zero attached hydrogens (tertiary/aromatic N) is 2. The lowest BCUT2D eigenvalue weighted by Gasteiger charge is -2.13. The molecule has 0 spiro atoms. The Kier molecular flexibility index (Phi) is 4.18. The van der Waals surface area contributed by atoms with Gasteiger partial charge in [0, 0.05) is 38.3 Å². The van der Waals surface area contributed by atoms with E-state index in [1.54, 1.807) is 12.3 Å². The molecule has 1 heterocycles. The predicted molar refractivity (Wildman–Crippen MR) is 73.3 cm³/mol. The zero-order valence-corrected chi connectivity index (χ0v) is 11.1. The molecule has 0 aliphatic rings. The van der Waals surface area contributed by atoms with E-state index in [9.17, 15) is 4.79 Å². The molecule has 0 bridgehead atoms. The van der Waals surface area contributed by atoms with Gasteiger partial charge in [-0.2, -0.15) is 0 Å². The molecule has 5 heteroatoms. The summed E-state index contributed by atoms with van der Waals surface area (Å²) in [6, 6.07) is 7.51. The van der Waals surface area contributed by atoms with Crippen molar-refractivity contribution in [2.75, 3.05) is 25.5 Å². The summed E-state index contributed by atoms with van der Waals surface area (Å²) in [5, 5.41) is 2.86. The van der Waals surface area contributed by atoms with Gasteiger partial charge in [0.1, 0.15) is 6.26 Å². The van der Waals surface area contributed by atoms with Crippen LogP contribution in [-0.4, -0.2) is 31.5 Å². The molecule has 0 aliphatic heterocycles. The van der Waals surface area contributed by atoms with Gasteiger partial charge in [-0.15, -0.1) is 0 Å². The third-order valence-corrected chi connectivity index (χ3v) is 2.77. The molecule has 1 aromatic carbocycles. The van der Waals surface area contributed by atoms with Crippen LogP contribution >= 0.6 is 0 Å². The van der Waals surface area contributed by atoms with Gasteiger partial charge < -0.3 is 14.6 Å². The Morgan fingerprint density at radius 1 is 1.42 bits per heavy atom. The van der Waals surface area contributed by atoms with E-state index in [2.05, 4.69) is 10.3 Å². The SMILES string of the molecule is CN(C)c1cccc(C(=O)NCCc2cocn2)c1. The maximum atomic E-state index is 12.0. The molecule has 19 heavy (non-hydrogen) atoms. The summed E-state index contributed by atoms with van der Waals surface area (Å²) in [7, 11) is 3.89. The van der Waals surface area contributed by atoms with E-state index in [0.29, 0.717) is 18.5 Å². The van der Waals surface area contributed by atoms with Gasteiger partial charge in [0.05, 0.1) is 5.69 Å². The number of aromatic nitrogens is 1. The zero-order chi connectivity index (χ0) is 13.7. The van der Waals surface area contributed by atoms with E-state index in [1.807, 2.05) is 37.2 Å². The van der Waals surface area contributed by atoms with Crippen LogP contribution in [-0.2, 0) is 6.42 Å². The van der Waals surface area contributed by atoms with Gasteiger partial charge in [0.2, 0.25) is 0 Å². The molecule has 1 N–H and O–H groups in total. The van der Waals surface area contributed by atoms with Crippen molar-refractivity contribution in [3.8, 4) is 0 Å². The van der Waals surface area contributed by atoms with E-state index in [0.717, 1.165) is 11.4 Å². The first-order valence-electron chi connectivity index (χ1n) is 6.09. The molecular weight excluding hydrogens is 242 g/mol. The summed E-state index contributed by atoms with van der Waals surface area (Å²) < 4.78 is 4.87. The fourth-order valence-corrected chi connectivity index (χ4v) is 1.69. The highest BCUT2D eigenvalue weighted by atomic mass is 16.3. The molecule has 0 aliphatic carbocycles. The summed E-state index contributed by atoms with van der Waals surface area (Å²) in [6.07, 6.45) is 3.63. The van der Waals surface area contributed by atoms with Crippen molar-refractivity contribution >= 4 is 11.6 Å². The van der Waals surface area contributed by atoms with Gasteiger partial charge in [-0.05, 0) is 18.2 Å². The van der Waals surface area contributed by atoms with E-state index in [1.165, 1.54) is 6.39 Å². The molecule has 1 amide bonds. The normalized spacial score (nSPS) is 10.2. The molecule has 1 aromatic heterocycles. The molecule has 0 radical (unpaired) electrons. The third-order valence-electron chi connectivity index (χ3n) is 2.77. The van der Waals surface area contributed by atoms with Crippen molar-refractivity contribution in [3.63, 3.8) is 0 Å². The molecule has 0 fully saturated rings. The topological polar surface area (TPSA) is 58.4 Å². The number of carbonyl (C=O) groups is 1. The molecular formula is C14H17N3O2. The number of nitrogens with one attached hydrogen (secondary N) is 1. The molecule has 0 saturated carbocycles. The van der Waals surface area contributed by atoms with Crippen molar-refractivity contribution in [1.82, 2.24) is 10.3 Å². The highest BCUT2D eigenvalue weighted by molar-refractivity contribution is 5.95. The smallest absolute Gasteiger partial charge is 0.251 e. The summed E-state index contributed by atoms with van der Waals surface area (Å²) in [5.74, 6) is -0.0767. The first-order valence-corrected chi connectivity index (χ1v) is 6.09. The number of oxazole rings is 1. The number of hydrogen-bond donors (Lipinski definition) is 1. The number of rotatable bonds is 5. The van der Waals surface area contributed by atoms with Crippen molar-refractivity contribution in [2.45, 2.75) is 6.42 Å². The van der Waals surface area contributed by atoms with Crippen molar-refractivity contribution in [1.29, 1.82) is 0 Å². The van der Waals surface area contributed by atoms with E-state index in [4.69, 9.17) is 4.42 Å². The van der Waals surface area contributed by atoms with E-state index >= 15 is 0 Å². The Balaban J connectivity index is 1.90. The Bertz CT molecular complexity index is 535. The summed E-state index contributed by atoms with van der Waals surface area (Å²) in [5.41, 5.74) is 2.50. The number of benzene rings is 1. The minimum atomic E-state index is -0.0767. The predicted octanol–water partition coefficient (Wildman–Crippen LogP) is 1.71. The quantitative estimate of drug-likeness (QED) is 0.888. The molecule has 2 aromatic rings. The van der Waals surface area contributed by atoms with Gasteiger partial charge in [-0.3, -0.25) is 4.79 Å². The second-order valence-electron chi connectivity index (χ2n) is 4.43. The van der Waals surface area contributed by atoms with E-state index < -0.39 is 0 Å². The van der Waals surface area contributed by atoms with Crippen LogP contribution in [0.25, 0.3) is 0 Å². The second-order valence-corrected chi connectivity index (χ2v) is 4.43.